The van der Waals surface area contributed by atoms with Gasteiger partial charge in [-0.15, -0.1) is 0 Å². The van der Waals surface area contributed by atoms with Crippen LogP contribution in [0, 0.1) is 0 Å². The number of aromatic nitrogens is 1. The molecule has 3 nitrogen and oxygen atoms in total. The number of fused-ring (bicyclic) bond motifs is 1. The Bertz CT molecular complexity index is 539. The van der Waals surface area contributed by atoms with E-state index in [-0.39, 0.29) is 0 Å². The number of benzene rings is 1. The van der Waals surface area contributed by atoms with Crippen LogP contribution in [0.5, 0.6) is 0 Å². The molecule has 0 bridgehead atoms. The molecule has 1 aromatic carbocycles. The highest BCUT2D eigenvalue weighted by Crippen LogP contribution is 2.25. The van der Waals surface area contributed by atoms with Crippen LogP contribution in [-0.2, 0) is 0 Å². The monoisotopic (exact) mass is 306 g/mol. The van der Waals surface area contributed by atoms with Crippen molar-refractivity contribution in [1.29, 1.82) is 0 Å². The Balaban J connectivity index is 1.59. The summed E-state index contributed by atoms with van der Waals surface area (Å²) in [5, 5.41) is 0.763. The lowest BCUT2D eigenvalue weighted by atomic mass is 10.1. The van der Waals surface area contributed by atoms with E-state index >= 15 is 0 Å². The van der Waals surface area contributed by atoms with Crippen LogP contribution in [0.4, 0.5) is 5.69 Å². The molecule has 0 atom stereocenters. The maximum atomic E-state index is 5.74. The molecule has 0 radical (unpaired) electrons. The molecule has 2 rings (SSSR count). The zero-order valence-electron chi connectivity index (χ0n) is 12.9. The lowest BCUT2D eigenvalue weighted by Crippen LogP contribution is -1.83. The number of anilines is 1. The molecule has 2 N–H and O–H groups in total. The quantitative estimate of drug-likeness (QED) is 0.350. The molecule has 0 aliphatic rings. The Labute approximate surface area is 131 Å². The first-order valence-corrected chi connectivity index (χ1v) is 9.07. The van der Waals surface area contributed by atoms with Crippen molar-refractivity contribution in [2.24, 2.45) is 0 Å². The van der Waals surface area contributed by atoms with E-state index in [9.17, 15) is 0 Å². The molecule has 0 amide bonds. The van der Waals surface area contributed by atoms with E-state index in [1.165, 1.54) is 51.4 Å². The Kier molecular flexibility index (Phi) is 6.93. The number of oxazole rings is 1. The summed E-state index contributed by atoms with van der Waals surface area (Å²) in [6.07, 6.45) is 10.8. The van der Waals surface area contributed by atoms with Crippen molar-refractivity contribution in [3.05, 3.63) is 18.2 Å². The molecule has 116 valence electrons. The van der Waals surface area contributed by atoms with Gasteiger partial charge in [0.2, 0.25) is 0 Å². The predicted molar refractivity (Wildman–Crippen MR) is 91.8 cm³/mol. The van der Waals surface area contributed by atoms with E-state index < -0.39 is 0 Å². The van der Waals surface area contributed by atoms with Crippen LogP contribution < -0.4 is 5.73 Å². The highest BCUT2D eigenvalue weighted by atomic mass is 32.2. The third-order valence-corrected chi connectivity index (χ3v) is 4.53. The van der Waals surface area contributed by atoms with Gasteiger partial charge in [-0.2, -0.15) is 0 Å². The molecule has 0 unspecified atom stereocenters. The smallest absolute Gasteiger partial charge is 0.256 e. The van der Waals surface area contributed by atoms with Gasteiger partial charge >= 0.3 is 0 Å². The third kappa shape index (κ3) is 5.62. The first kappa shape index (κ1) is 16.2. The van der Waals surface area contributed by atoms with Crippen molar-refractivity contribution < 1.29 is 4.42 Å². The van der Waals surface area contributed by atoms with Crippen molar-refractivity contribution in [3.8, 4) is 0 Å². The molecular weight excluding hydrogens is 280 g/mol. The second-order valence-electron chi connectivity index (χ2n) is 5.53. The van der Waals surface area contributed by atoms with Crippen molar-refractivity contribution in [1.82, 2.24) is 4.98 Å². The third-order valence-electron chi connectivity index (χ3n) is 3.62. The fourth-order valence-electron chi connectivity index (χ4n) is 2.38. The van der Waals surface area contributed by atoms with Gasteiger partial charge < -0.3 is 10.2 Å². The van der Waals surface area contributed by atoms with Crippen LogP contribution in [0.2, 0.25) is 0 Å². The number of hydrogen-bond donors (Lipinski definition) is 1. The SMILES string of the molecule is CCCCCCCCCCSc1nc2ccc(N)cc2o1. The lowest BCUT2D eigenvalue weighted by Gasteiger charge is -2.00. The van der Waals surface area contributed by atoms with E-state index in [2.05, 4.69) is 11.9 Å². The number of nitrogens with two attached hydrogens (primary N) is 1. The van der Waals surface area contributed by atoms with Gasteiger partial charge in [-0.1, -0.05) is 63.6 Å². The average molecular weight is 306 g/mol. The number of nitrogens with zero attached hydrogens (tertiary/aromatic N) is 1. The summed E-state index contributed by atoms with van der Waals surface area (Å²) in [7, 11) is 0. The number of thioether (sulfide) groups is 1. The van der Waals surface area contributed by atoms with Crippen LogP contribution in [0.1, 0.15) is 58.3 Å². The number of unbranched alkanes of at least 4 members (excludes halogenated alkanes) is 7. The second kappa shape index (κ2) is 8.98. The summed E-state index contributed by atoms with van der Waals surface area (Å²) in [6.45, 7) is 2.26. The second-order valence-corrected chi connectivity index (χ2v) is 6.58. The average Bonchev–Trinajstić information content (AvgIpc) is 2.87. The fourth-order valence-corrected chi connectivity index (χ4v) is 3.21. The van der Waals surface area contributed by atoms with Crippen LogP contribution in [0.25, 0.3) is 11.1 Å². The fraction of sp³-hybridized carbons (Fsp3) is 0.588. The van der Waals surface area contributed by atoms with E-state index in [1.807, 2.05) is 18.2 Å². The molecule has 0 saturated carbocycles. The molecule has 21 heavy (non-hydrogen) atoms. The number of rotatable bonds is 10. The summed E-state index contributed by atoms with van der Waals surface area (Å²) < 4.78 is 5.69. The van der Waals surface area contributed by atoms with Crippen LogP contribution in [0.15, 0.2) is 27.8 Å². The minimum Gasteiger partial charge on any atom is -0.431 e. The number of nitrogen functional groups attached to an aromatic ring is 1. The molecule has 4 heteroatoms. The van der Waals surface area contributed by atoms with Crippen LogP contribution >= 0.6 is 11.8 Å². The first-order chi connectivity index (χ1) is 10.3. The van der Waals surface area contributed by atoms with E-state index in [0.717, 1.165) is 27.8 Å². The molecule has 0 aliphatic carbocycles. The maximum absolute atomic E-state index is 5.74. The van der Waals surface area contributed by atoms with Gasteiger partial charge in [0.25, 0.3) is 5.22 Å². The van der Waals surface area contributed by atoms with Gasteiger partial charge in [-0.05, 0) is 18.6 Å². The van der Waals surface area contributed by atoms with Gasteiger partial charge in [0.05, 0.1) is 0 Å². The Morgan fingerprint density at radius 1 is 1.05 bits per heavy atom. The van der Waals surface area contributed by atoms with Gasteiger partial charge in [0, 0.05) is 17.5 Å². The molecule has 0 spiro atoms. The molecule has 1 heterocycles. The summed E-state index contributed by atoms with van der Waals surface area (Å²) >= 11 is 1.71. The first-order valence-electron chi connectivity index (χ1n) is 8.08. The molecule has 0 aliphatic heterocycles. The molecule has 0 fully saturated rings. The standard InChI is InChI=1S/C17H26N2OS/c1-2-3-4-5-6-7-8-9-12-21-17-19-15-11-10-14(18)13-16(15)20-17/h10-11,13H,2-9,12,18H2,1H3. The van der Waals surface area contributed by atoms with Gasteiger partial charge in [0.15, 0.2) is 5.58 Å². The lowest BCUT2D eigenvalue weighted by molar-refractivity contribution is 0.489. The number of hydrogen-bond acceptors (Lipinski definition) is 4. The molecular formula is C17H26N2OS. The zero-order chi connectivity index (χ0) is 14.9. The summed E-state index contributed by atoms with van der Waals surface area (Å²) in [6, 6.07) is 5.61. The van der Waals surface area contributed by atoms with Crippen LogP contribution in [0.3, 0.4) is 0 Å². The van der Waals surface area contributed by atoms with E-state index in [4.69, 9.17) is 10.2 Å². The topological polar surface area (TPSA) is 52.0 Å². The van der Waals surface area contributed by atoms with Crippen LogP contribution in [-0.4, -0.2) is 10.7 Å². The van der Waals surface area contributed by atoms with Crippen molar-refractivity contribution >= 4 is 28.5 Å². The van der Waals surface area contributed by atoms with E-state index in [0.29, 0.717) is 0 Å². The van der Waals surface area contributed by atoms with Gasteiger partial charge in [0.1, 0.15) is 5.52 Å². The highest BCUT2D eigenvalue weighted by molar-refractivity contribution is 7.99. The van der Waals surface area contributed by atoms with Crippen molar-refractivity contribution in [2.75, 3.05) is 11.5 Å². The van der Waals surface area contributed by atoms with Gasteiger partial charge in [-0.25, -0.2) is 4.98 Å². The Morgan fingerprint density at radius 2 is 1.76 bits per heavy atom. The highest BCUT2D eigenvalue weighted by Gasteiger charge is 2.06. The molecule has 2 aromatic rings. The Morgan fingerprint density at radius 3 is 2.52 bits per heavy atom. The minimum absolute atomic E-state index is 0.721. The molecule has 0 saturated heterocycles. The maximum Gasteiger partial charge on any atom is 0.256 e. The Hall–Kier alpha value is -1.16. The molecule has 1 aromatic heterocycles. The summed E-state index contributed by atoms with van der Waals surface area (Å²) in [4.78, 5) is 4.46. The summed E-state index contributed by atoms with van der Waals surface area (Å²) in [5.74, 6) is 1.08. The predicted octanol–water partition coefficient (Wildman–Crippen LogP) is 5.64. The summed E-state index contributed by atoms with van der Waals surface area (Å²) in [5.41, 5.74) is 8.13. The van der Waals surface area contributed by atoms with Crippen molar-refractivity contribution in [2.45, 2.75) is 63.5 Å². The van der Waals surface area contributed by atoms with Crippen molar-refractivity contribution in [3.63, 3.8) is 0 Å². The zero-order valence-corrected chi connectivity index (χ0v) is 13.8. The normalized spacial score (nSPS) is 11.3. The largest absolute Gasteiger partial charge is 0.431 e. The van der Waals surface area contributed by atoms with E-state index in [1.54, 1.807) is 11.8 Å². The van der Waals surface area contributed by atoms with Gasteiger partial charge in [-0.3, -0.25) is 0 Å². The minimum atomic E-state index is 0.721.